The summed E-state index contributed by atoms with van der Waals surface area (Å²) in [5.74, 6) is 1.14. The van der Waals surface area contributed by atoms with Crippen LogP contribution < -0.4 is 11.1 Å². The molecule has 2 aromatic heterocycles. The quantitative estimate of drug-likeness (QED) is 0.710. The number of hydrogen-bond acceptors (Lipinski definition) is 7. The number of aryl methyl sites for hydroxylation is 1. The third-order valence-corrected chi connectivity index (χ3v) is 3.72. The molecule has 3 aromatic rings. The maximum absolute atomic E-state index is 11.5. The van der Waals surface area contributed by atoms with Gasteiger partial charge in [0.05, 0.1) is 18.1 Å². The number of carbonyl (C=O) groups excluding carboxylic acids is 1. The minimum absolute atomic E-state index is 0.0515. The number of carbonyl (C=O) groups is 1. The number of nitrogen functional groups attached to an aromatic ring is 1. The smallest absolute Gasteiger partial charge is 0.337 e. The number of rotatable bonds is 4. The van der Waals surface area contributed by atoms with Gasteiger partial charge in [-0.1, -0.05) is 12.1 Å². The van der Waals surface area contributed by atoms with Gasteiger partial charge in [0.1, 0.15) is 11.6 Å². The number of anilines is 2. The van der Waals surface area contributed by atoms with Crippen LogP contribution in [0, 0.1) is 6.92 Å². The first-order chi connectivity index (χ1) is 11.5. The summed E-state index contributed by atoms with van der Waals surface area (Å²) in [6.45, 7) is 3.83. The topological polar surface area (TPSA) is 103 Å². The van der Waals surface area contributed by atoms with Crippen LogP contribution in [0.3, 0.4) is 0 Å². The van der Waals surface area contributed by atoms with Gasteiger partial charge in [-0.15, -0.1) is 0 Å². The Morgan fingerprint density at radius 3 is 2.67 bits per heavy atom. The van der Waals surface area contributed by atoms with Crippen molar-refractivity contribution < 1.29 is 13.9 Å². The van der Waals surface area contributed by atoms with E-state index < -0.39 is 0 Å². The molecular formula is C17H18N4O3. The van der Waals surface area contributed by atoms with Crippen molar-refractivity contribution in [3.8, 4) is 0 Å². The van der Waals surface area contributed by atoms with E-state index >= 15 is 0 Å². The van der Waals surface area contributed by atoms with E-state index in [9.17, 15) is 4.79 Å². The highest BCUT2D eigenvalue weighted by atomic mass is 16.5. The number of methoxy groups -OCH3 is 1. The normalized spacial score (nSPS) is 12.1. The van der Waals surface area contributed by atoms with Crippen LogP contribution in [0.25, 0.3) is 11.1 Å². The molecule has 0 saturated carbocycles. The molecule has 3 rings (SSSR count). The Balaban J connectivity index is 1.87. The highest BCUT2D eigenvalue weighted by Crippen LogP contribution is 2.27. The molecule has 0 unspecified atom stereocenters. The second kappa shape index (κ2) is 6.19. The molecule has 7 heteroatoms. The fourth-order valence-corrected chi connectivity index (χ4v) is 2.48. The van der Waals surface area contributed by atoms with E-state index in [4.69, 9.17) is 14.9 Å². The molecule has 124 valence electrons. The van der Waals surface area contributed by atoms with Gasteiger partial charge < -0.3 is 20.2 Å². The molecule has 3 N–H and O–H groups in total. The molecule has 1 atom stereocenters. The molecule has 0 radical (unpaired) electrons. The Morgan fingerprint density at radius 1 is 1.29 bits per heavy atom. The van der Waals surface area contributed by atoms with Crippen LogP contribution in [0.5, 0.6) is 0 Å². The van der Waals surface area contributed by atoms with Crippen LogP contribution in [-0.4, -0.2) is 23.0 Å². The maximum atomic E-state index is 11.5. The first-order valence-corrected chi connectivity index (χ1v) is 7.46. The molecule has 0 bridgehead atoms. The van der Waals surface area contributed by atoms with Crippen molar-refractivity contribution in [1.82, 2.24) is 9.97 Å². The second-order valence-corrected chi connectivity index (χ2v) is 5.49. The van der Waals surface area contributed by atoms with E-state index in [2.05, 4.69) is 15.3 Å². The van der Waals surface area contributed by atoms with Gasteiger partial charge in [-0.2, -0.15) is 9.97 Å². The number of furan rings is 1. The van der Waals surface area contributed by atoms with E-state index in [0.717, 1.165) is 16.7 Å². The van der Waals surface area contributed by atoms with E-state index in [1.807, 2.05) is 32.0 Å². The fraction of sp³-hybridized carbons (Fsp3) is 0.235. The molecule has 0 amide bonds. The Morgan fingerprint density at radius 2 is 2.00 bits per heavy atom. The number of benzene rings is 1. The van der Waals surface area contributed by atoms with Crippen LogP contribution >= 0.6 is 0 Å². The number of hydrogen-bond donors (Lipinski definition) is 2. The Bertz CT molecular complexity index is 887. The minimum Gasteiger partial charge on any atom is -0.465 e. The predicted molar refractivity (Wildman–Crippen MR) is 90.8 cm³/mol. The zero-order valence-corrected chi connectivity index (χ0v) is 13.7. The number of aromatic nitrogens is 2. The average molecular weight is 326 g/mol. The monoisotopic (exact) mass is 326 g/mol. The van der Waals surface area contributed by atoms with Gasteiger partial charge in [0, 0.05) is 6.04 Å². The summed E-state index contributed by atoms with van der Waals surface area (Å²) in [6.07, 6.45) is 0. The van der Waals surface area contributed by atoms with Crippen LogP contribution in [0.2, 0.25) is 0 Å². The van der Waals surface area contributed by atoms with E-state index in [1.165, 1.54) is 7.11 Å². The highest BCUT2D eigenvalue weighted by Gasteiger charge is 2.14. The minimum atomic E-state index is -0.360. The highest BCUT2D eigenvalue weighted by molar-refractivity contribution is 5.89. The number of nitrogens with one attached hydrogen (secondary N) is 1. The van der Waals surface area contributed by atoms with Gasteiger partial charge >= 0.3 is 5.97 Å². The lowest BCUT2D eigenvalue weighted by Gasteiger charge is -2.16. The molecule has 0 spiro atoms. The number of esters is 1. The van der Waals surface area contributed by atoms with Gasteiger partial charge in [-0.3, -0.25) is 0 Å². The van der Waals surface area contributed by atoms with Crippen molar-refractivity contribution in [1.29, 1.82) is 0 Å². The molecular weight excluding hydrogens is 308 g/mol. The molecule has 0 aliphatic carbocycles. The van der Waals surface area contributed by atoms with Gasteiger partial charge in [0.2, 0.25) is 11.7 Å². The van der Waals surface area contributed by atoms with E-state index in [-0.39, 0.29) is 18.0 Å². The van der Waals surface area contributed by atoms with Crippen molar-refractivity contribution in [3.05, 3.63) is 47.2 Å². The standard InChI is InChI=1S/C17H18N4O3/c1-9-8-13-14(20-17(18)21-15(13)24-9)19-10(2)11-4-6-12(7-5-11)16(22)23-3/h4-8,10H,1-3H3,(H3,18,19,20,21)/t10-/m0/s1. The predicted octanol–water partition coefficient (Wildman–Crippen LogP) is 3.07. The third-order valence-electron chi connectivity index (χ3n) is 3.72. The summed E-state index contributed by atoms with van der Waals surface area (Å²) in [4.78, 5) is 19.8. The summed E-state index contributed by atoms with van der Waals surface area (Å²) >= 11 is 0. The van der Waals surface area contributed by atoms with Gasteiger partial charge in [-0.05, 0) is 37.6 Å². The van der Waals surface area contributed by atoms with Crippen LogP contribution in [-0.2, 0) is 4.74 Å². The summed E-state index contributed by atoms with van der Waals surface area (Å²) in [7, 11) is 1.36. The zero-order chi connectivity index (χ0) is 17.3. The SMILES string of the molecule is COC(=O)c1ccc([C@H](C)Nc2nc(N)nc3oc(C)cc23)cc1. The Labute approximate surface area is 138 Å². The third kappa shape index (κ3) is 3.01. The first kappa shape index (κ1) is 15.8. The van der Waals surface area contributed by atoms with Crippen molar-refractivity contribution >= 4 is 28.8 Å². The zero-order valence-electron chi connectivity index (χ0n) is 13.7. The molecule has 7 nitrogen and oxygen atoms in total. The van der Waals surface area contributed by atoms with Crippen LogP contribution in [0.4, 0.5) is 11.8 Å². The molecule has 2 heterocycles. The molecule has 24 heavy (non-hydrogen) atoms. The lowest BCUT2D eigenvalue weighted by Crippen LogP contribution is -2.10. The van der Waals surface area contributed by atoms with Gasteiger partial charge in [-0.25, -0.2) is 4.79 Å². The largest absolute Gasteiger partial charge is 0.465 e. The molecule has 0 saturated heterocycles. The summed E-state index contributed by atoms with van der Waals surface area (Å²) in [5, 5.41) is 4.09. The van der Waals surface area contributed by atoms with E-state index in [0.29, 0.717) is 17.1 Å². The molecule has 0 fully saturated rings. The molecule has 0 aliphatic heterocycles. The van der Waals surface area contributed by atoms with Crippen molar-refractivity contribution in [3.63, 3.8) is 0 Å². The Kier molecular flexibility index (Phi) is 4.07. The van der Waals surface area contributed by atoms with Crippen LogP contribution in [0.15, 0.2) is 34.7 Å². The van der Waals surface area contributed by atoms with Crippen molar-refractivity contribution in [2.24, 2.45) is 0 Å². The summed E-state index contributed by atoms with van der Waals surface area (Å²) < 4.78 is 10.2. The maximum Gasteiger partial charge on any atom is 0.337 e. The lowest BCUT2D eigenvalue weighted by atomic mass is 10.1. The van der Waals surface area contributed by atoms with Crippen molar-refractivity contribution in [2.45, 2.75) is 19.9 Å². The van der Waals surface area contributed by atoms with E-state index in [1.54, 1.807) is 12.1 Å². The van der Waals surface area contributed by atoms with Crippen molar-refractivity contribution in [2.75, 3.05) is 18.2 Å². The number of fused-ring (bicyclic) bond motifs is 1. The number of nitrogens with zero attached hydrogens (tertiary/aromatic N) is 2. The van der Waals surface area contributed by atoms with Gasteiger partial charge in [0.25, 0.3) is 0 Å². The second-order valence-electron chi connectivity index (χ2n) is 5.49. The summed E-state index contributed by atoms with van der Waals surface area (Å²) in [5.41, 5.74) is 7.70. The molecule has 0 aliphatic rings. The molecule has 1 aromatic carbocycles. The average Bonchev–Trinajstić information content (AvgIpc) is 2.94. The number of nitrogens with two attached hydrogens (primary N) is 1. The summed E-state index contributed by atoms with van der Waals surface area (Å²) in [6, 6.07) is 9.00. The Hall–Kier alpha value is -3.09. The lowest BCUT2D eigenvalue weighted by molar-refractivity contribution is 0.0600. The van der Waals surface area contributed by atoms with Gasteiger partial charge in [0.15, 0.2) is 0 Å². The van der Waals surface area contributed by atoms with Crippen LogP contribution in [0.1, 0.15) is 34.6 Å². The number of ether oxygens (including phenoxy) is 1. The first-order valence-electron chi connectivity index (χ1n) is 7.46. The fourth-order valence-electron chi connectivity index (χ4n) is 2.48.